The lowest BCUT2D eigenvalue weighted by molar-refractivity contribution is 0.110. The van der Waals surface area contributed by atoms with E-state index in [1.54, 1.807) is 7.05 Å². The first kappa shape index (κ1) is 18.5. The van der Waals surface area contributed by atoms with Gasteiger partial charge in [-0.15, -0.1) is 0 Å². The number of rotatable bonds is 4. The molecule has 1 fully saturated rings. The minimum atomic E-state index is -0.305. The molecular weight excluding hydrogens is 386 g/mol. The molecule has 4 aromatic rings. The summed E-state index contributed by atoms with van der Waals surface area (Å²) in [5.74, 6) is 0.964. The monoisotopic (exact) mass is 407 g/mol. The van der Waals surface area contributed by atoms with Crippen LogP contribution < -0.4 is 11.3 Å². The summed E-state index contributed by atoms with van der Waals surface area (Å²) in [5, 5.41) is 8.16. The number of aromatic nitrogens is 6. The molecule has 1 aliphatic heterocycles. The molecule has 0 radical (unpaired) electrons. The second kappa shape index (κ2) is 7.06. The summed E-state index contributed by atoms with van der Waals surface area (Å²) < 4.78 is 14.1. The maximum absolute atomic E-state index is 12.8. The highest BCUT2D eigenvalue weighted by Crippen LogP contribution is 2.37. The predicted molar refractivity (Wildman–Crippen MR) is 108 cm³/mol. The van der Waals surface area contributed by atoms with Crippen molar-refractivity contribution < 1.29 is 9.26 Å². The molecule has 154 valence electrons. The van der Waals surface area contributed by atoms with Gasteiger partial charge in [-0.05, 0) is 18.9 Å². The lowest BCUT2D eigenvalue weighted by Gasteiger charge is -2.09. The molecule has 2 N–H and O–H groups in total. The number of anilines is 1. The van der Waals surface area contributed by atoms with Gasteiger partial charge in [0.25, 0.3) is 5.56 Å². The zero-order valence-corrected chi connectivity index (χ0v) is 16.6. The zero-order valence-electron chi connectivity index (χ0n) is 16.6. The molecule has 1 aliphatic rings. The number of nitrogens with zero attached hydrogens (tertiary/aromatic N) is 6. The van der Waals surface area contributed by atoms with E-state index in [2.05, 4.69) is 51.4 Å². The average molecular weight is 407 g/mol. The Hall–Kier alpha value is -3.53. The summed E-state index contributed by atoms with van der Waals surface area (Å²) in [6.45, 7) is 2.62. The Morgan fingerprint density at radius 1 is 1.23 bits per heavy atom. The summed E-state index contributed by atoms with van der Waals surface area (Å²) >= 11 is 0. The number of nitrogen functional groups attached to an aromatic ring is 1. The number of nitrogens with two attached hydrogens (primary N) is 1. The van der Waals surface area contributed by atoms with Gasteiger partial charge in [0.15, 0.2) is 11.3 Å². The molecule has 1 saturated heterocycles. The van der Waals surface area contributed by atoms with Crippen LogP contribution in [-0.4, -0.2) is 36.1 Å². The Bertz CT molecular complexity index is 1270. The van der Waals surface area contributed by atoms with Crippen molar-refractivity contribution in [2.24, 2.45) is 7.05 Å². The minimum absolute atomic E-state index is 0.00672. The molecule has 0 amide bonds. The topological polar surface area (TPSA) is 127 Å². The van der Waals surface area contributed by atoms with Gasteiger partial charge in [-0.25, -0.2) is 4.98 Å². The van der Waals surface area contributed by atoms with E-state index in [-0.39, 0.29) is 30.1 Å². The second-order valence-corrected chi connectivity index (χ2v) is 7.57. The van der Waals surface area contributed by atoms with E-state index in [9.17, 15) is 4.79 Å². The molecule has 2 atom stereocenters. The normalized spacial score (nSPS) is 19.0. The van der Waals surface area contributed by atoms with E-state index in [1.807, 2.05) is 0 Å². The SMILES string of the molecule is Cc1ccc([C@H]2C[C@H](c3noc(Cn4c(N)nc5cnn(C)c5c4=O)n3)CO2)cc1. The highest BCUT2D eigenvalue weighted by Gasteiger charge is 2.31. The molecule has 5 rings (SSSR count). The quantitative estimate of drug-likeness (QED) is 0.541. The number of benzene rings is 1. The second-order valence-electron chi connectivity index (χ2n) is 7.57. The molecule has 0 unspecified atom stereocenters. The Labute approximate surface area is 171 Å². The summed E-state index contributed by atoms with van der Waals surface area (Å²) in [6, 6.07) is 8.32. The van der Waals surface area contributed by atoms with Crippen LogP contribution in [0.1, 0.15) is 41.3 Å². The fourth-order valence-corrected chi connectivity index (χ4v) is 3.78. The fraction of sp³-hybridized carbons (Fsp3) is 0.350. The third-order valence-electron chi connectivity index (χ3n) is 5.47. The minimum Gasteiger partial charge on any atom is -0.373 e. The lowest BCUT2D eigenvalue weighted by atomic mass is 9.99. The van der Waals surface area contributed by atoms with E-state index in [4.69, 9.17) is 15.0 Å². The maximum atomic E-state index is 12.8. The van der Waals surface area contributed by atoms with Gasteiger partial charge >= 0.3 is 0 Å². The predicted octanol–water partition coefficient (Wildman–Crippen LogP) is 1.70. The van der Waals surface area contributed by atoms with Crippen molar-refractivity contribution in [3.8, 4) is 0 Å². The Morgan fingerprint density at radius 2 is 2.03 bits per heavy atom. The molecule has 1 aromatic carbocycles. The van der Waals surface area contributed by atoms with Crippen LogP contribution in [0.25, 0.3) is 11.0 Å². The average Bonchev–Trinajstić information content (AvgIpc) is 3.46. The molecule has 10 heteroatoms. The summed E-state index contributed by atoms with van der Waals surface area (Å²) in [4.78, 5) is 21.5. The van der Waals surface area contributed by atoms with E-state index in [0.29, 0.717) is 29.4 Å². The smallest absolute Gasteiger partial charge is 0.281 e. The summed E-state index contributed by atoms with van der Waals surface area (Å²) in [5.41, 5.74) is 8.84. The van der Waals surface area contributed by atoms with E-state index >= 15 is 0 Å². The Balaban J connectivity index is 1.35. The standard InChI is InChI=1S/C20H21N7O3/c1-11-3-5-12(6-4-11)15-7-13(10-29-15)18-24-16(30-25-18)9-27-19(28)17-14(23-20(27)21)8-22-26(17)2/h3-6,8,13,15H,7,9-10H2,1-2H3,(H2,21,23)/t13-,15+/m0/s1. The van der Waals surface area contributed by atoms with E-state index < -0.39 is 0 Å². The zero-order chi connectivity index (χ0) is 20.8. The van der Waals surface area contributed by atoms with Crippen molar-refractivity contribution in [1.29, 1.82) is 0 Å². The lowest BCUT2D eigenvalue weighted by Crippen LogP contribution is -2.26. The van der Waals surface area contributed by atoms with Gasteiger partial charge in [-0.2, -0.15) is 10.1 Å². The van der Waals surface area contributed by atoms with Crippen molar-refractivity contribution in [3.05, 3.63) is 63.7 Å². The molecule has 0 aliphatic carbocycles. The number of fused-ring (bicyclic) bond motifs is 1. The van der Waals surface area contributed by atoms with Crippen LogP contribution in [-0.2, 0) is 18.3 Å². The molecule has 10 nitrogen and oxygen atoms in total. The van der Waals surface area contributed by atoms with Gasteiger partial charge in [0, 0.05) is 13.0 Å². The first-order valence-electron chi connectivity index (χ1n) is 9.68. The van der Waals surface area contributed by atoms with E-state index in [0.717, 1.165) is 12.0 Å². The largest absolute Gasteiger partial charge is 0.373 e. The van der Waals surface area contributed by atoms with Gasteiger partial charge in [0.2, 0.25) is 11.8 Å². The molecule has 4 heterocycles. The first-order valence-corrected chi connectivity index (χ1v) is 9.68. The van der Waals surface area contributed by atoms with E-state index in [1.165, 1.54) is 21.0 Å². The Kier molecular flexibility index (Phi) is 4.35. The number of hydrogen-bond donors (Lipinski definition) is 1. The van der Waals surface area contributed by atoms with Gasteiger partial charge in [-0.3, -0.25) is 14.0 Å². The van der Waals surface area contributed by atoms with Crippen molar-refractivity contribution in [3.63, 3.8) is 0 Å². The van der Waals surface area contributed by atoms with Gasteiger partial charge in [-0.1, -0.05) is 35.0 Å². The highest BCUT2D eigenvalue weighted by atomic mass is 16.5. The molecule has 3 aromatic heterocycles. The van der Waals surface area contributed by atoms with Crippen LogP contribution in [0.3, 0.4) is 0 Å². The van der Waals surface area contributed by atoms with Crippen LogP contribution in [0.2, 0.25) is 0 Å². The molecular formula is C20H21N7O3. The number of ether oxygens (including phenoxy) is 1. The van der Waals surface area contributed by atoms with Crippen LogP contribution in [0, 0.1) is 6.92 Å². The van der Waals surface area contributed by atoms with Gasteiger partial charge in [0.05, 0.1) is 18.9 Å². The van der Waals surface area contributed by atoms with Gasteiger partial charge in [0.1, 0.15) is 12.1 Å². The summed E-state index contributed by atoms with van der Waals surface area (Å²) in [6.07, 6.45) is 2.28. The number of hydrogen-bond acceptors (Lipinski definition) is 8. The molecule has 0 saturated carbocycles. The molecule has 0 spiro atoms. The van der Waals surface area contributed by atoms with Crippen LogP contribution in [0.15, 0.2) is 39.8 Å². The fourth-order valence-electron chi connectivity index (χ4n) is 3.78. The molecule has 0 bridgehead atoms. The van der Waals surface area contributed by atoms with Crippen molar-refractivity contribution >= 4 is 17.0 Å². The molecule has 30 heavy (non-hydrogen) atoms. The third kappa shape index (κ3) is 3.14. The van der Waals surface area contributed by atoms with Crippen LogP contribution in [0.5, 0.6) is 0 Å². The van der Waals surface area contributed by atoms with Gasteiger partial charge < -0.3 is 15.0 Å². The number of aryl methyl sites for hydroxylation is 2. The van der Waals surface area contributed by atoms with Crippen molar-refractivity contribution in [2.45, 2.75) is 31.9 Å². The van der Waals surface area contributed by atoms with Crippen LogP contribution >= 0.6 is 0 Å². The van der Waals surface area contributed by atoms with Crippen LogP contribution in [0.4, 0.5) is 5.95 Å². The third-order valence-corrected chi connectivity index (χ3v) is 5.47. The maximum Gasteiger partial charge on any atom is 0.281 e. The van der Waals surface area contributed by atoms with Crippen molar-refractivity contribution in [1.82, 2.24) is 29.5 Å². The first-order chi connectivity index (χ1) is 14.5. The highest BCUT2D eigenvalue weighted by molar-refractivity contribution is 5.74. The Morgan fingerprint density at radius 3 is 2.83 bits per heavy atom. The summed E-state index contributed by atoms with van der Waals surface area (Å²) in [7, 11) is 1.68. The van der Waals surface area contributed by atoms with Crippen molar-refractivity contribution in [2.75, 3.05) is 12.3 Å².